The van der Waals surface area contributed by atoms with Gasteiger partial charge in [0.05, 0.1) is 24.1 Å². The Labute approximate surface area is 206 Å². The summed E-state index contributed by atoms with van der Waals surface area (Å²) in [5.74, 6) is 0.916. The molecule has 12 heteroatoms. The van der Waals surface area contributed by atoms with E-state index in [9.17, 15) is 18.3 Å². The second kappa shape index (κ2) is 11.1. The molecule has 1 aromatic rings. The maximum atomic E-state index is 13.0. The van der Waals surface area contributed by atoms with Crippen molar-refractivity contribution in [1.29, 1.82) is 5.41 Å². The number of nitrogens with one attached hydrogen (secondary N) is 3. The molecular formula is C23H36N6O5S. The number of aliphatic hydroxyl groups excluding tert-OH is 1. The van der Waals surface area contributed by atoms with Crippen LogP contribution in [0.4, 0.5) is 0 Å². The summed E-state index contributed by atoms with van der Waals surface area (Å²) < 4.78 is 34.2. The van der Waals surface area contributed by atoms with Crippen molar-refractivity contribution >= 4 is 21.9 Å². The molecule has 0 radical (unpaired) electrons. The lowest BCUT2D eigenvalue weighted by molar-refractivity contribution is -0.125. The molecule has 0 aliphatic carbocycles. The minimum Gasteiger partial charge on any atom is -0.493 e. The van der Waals surface area contributed by atoms with Gasteiger partial charge in [-0.3, -0.25) is 15.1 Å². The van der Waals surface area contributed by atoms with Gasteiger partial charge in [-0.2, -0.15) is 0 Å². The quantitative estimate of drug-likeness (QED) is 0.250. The third-order valence-corrected chi connectivity index (χ3v) is 8.60. The predicted molar refractivity (Wildman–Crippen MR) is 130 cm³/mol. The fourth-order valence-electron chi connectivity index (χ4n) is 4.98. The molecule has 0 aromatic heterocycles. The molecule has 1 amide bonds. The molecule has 3 aliphatic heterocycles. The number of likely N-dealkylation sites (tertiary alicyclic amines) is 2. The van der Waals surface area contributed by atoms with E-state index < -0.39 is 22.3 Å². The molecule has 194 valence electrons. The summed E-state index contributed by atoms with van der Waals surface area (Å²) in [5, 5.41) is 21.4. The summed E-state index contributed by atoms with van der Waals surface area (Å²) >= 11 is 0. The number of nitrogens with two attached hydrogens (primary N) is 1. The lowest BCUT2D eigenvalue weighted by atomic mass is 9.97. The van der Waals surface area contributed by atoms with Gasteiger partial charge in [0.25, 0.3) is 0 Å². The van der Waals surface area contributed by atoms with Crippen molar-refractivity contribution in [3.63, 3.8) is 0 Å². The highest BCUT2D eigenvalue weighted by Crippen LogP contribution is 2.28. The molecule has 4 rings (SSSR count). The number of hydrogen-bond donors (Lipinski definition) is 5. The molecule has 0 spiro atoms. The van der Waals surface area contributed by atoms with Crippen LogP contribution in [-0.2, 0) is 21.2 Å². The Kier molecular flexibility index (Phi) is 8.15. The number of fused-ring (bicyclic) bond motifs is 1. The standard InChI is InChI=1S/C23H36N6O5S/c24-23(25)28-10-6-16(7-11-28)14-26-21(30)15-29-9-2-1-3-19(22(29)31)27-35(32,33)18-4-5-20-17(13-18)8-12-34-20/h4-5,13,16,19,22,27,31H,1-3,6-12,14-15H2,(H3,24,25)(H,26,30)/t19-,22+/m1/s1. The molecule has 0 unspecified atom stereocenters. The van der Waals surface area contributed by atoms with Gasteiger partial charge in [-0.25, -0.2) is 13.1 Å². The van der Waals surface area contributed by atoms with Crippen LogP contribution < -0.4 is 20.5 Å². The van der Waals surface area contributed by atoms with Crippen LogP contribution in [0.1, 0.15) is 37.7 Å². The Morgan fingerprint density at radius 1 is 1.20 bits per heavy atom. The molecule has 0 saturated carbocycles. The normalized spacial score (nSPS) is 23.9. The SMILES string of the molecule is N=C(N)N1CCC(CNC(=O)CN2CCCC[C@@H](NS(=O)(=O)c3ccc4c(c3)CCO4)[C@@H]2O)CC1. The van der Waals surface area contributed by atoms with Crippen LogP contribution in [-0.4, -0.2) is 86.8 Å². The van der Waals surface area contributed by atoms with Crippen molar-refractivity contribution in [2.75, 3.05) is 39.3 Å². The molecule has 11 nitrogen and oxygen atoms in total. The van der Waals surface area contributed by atoms with Gasteiger partial charge >= 0.3 is 0 Å². The number of benzene rings is 1. The van der Waals surface area contributed by atoms with Gasteiger partial charge in [0.1, 0.15) is 12.0 Å². The maximum absolute atomic E-state index is 13.0. The third kappa shape index (κ3) is 6.43. The molecule has 35 heavy (non-hydrogen) atoms. The molecule has 0 bridgehead atoms. The van der Waals surface area contributed by atoms with Crippen molar-refractivity contribution in [1.82, 2.24) is 19.8 Å². The van der Waals surface area contributed by atoms with E-state index in [1.807, 2.05) is 4.90 Å². The Balaban J connectivity index is 1.31. The first-order valence-corrected chi connectivity index (χ1v) is 13.8. The Morgan fingerprint density at radius 2 is 1.97 bits per heavy atom. The lowest BCUT2D eigenvalue weighted by Crippen LogP contribution is -2.53. The summed E-state index contributed by atoms with van der Waals surface area (Å²) in [6, 6.07) is 4.10. The average molecular weight is 509 g/mol. The first-order valence-electron chi connectivity index (χ1n) is 12.3. The smallest absolute Gasteiger partial charge is 0.240 e. The van der Waals surface area contributed by atoms with Crippen molar-refractivity contribution in [2.24, 2.45) is 11.7 Å². The Morgan fingerprint density at radius 3 is 2.71 bits per heavy atom. The molecule has 2 saturated heterocycles. The first kappa shape index (κ1) is 25.7. The van der Waals surface area contributed by atoms with E-state index >= 15 is 0 Å². The first-order chi connectivity index (χ1) is 16.7. The van der Waals surface area contributed by atoms with E-state index in [0.29, 0.717) is 57.3 Å². The Bertz CT molecular complexity index is 1030. The predicted octanol–water partition coefficient (Wildman–Crippen LogP) is -0.206. The zero-order valence-corrected chi connectivity index (χ0v) is 20.7. The van der Waals surface area contributed by atoms with Gasteiger partial charge < -0.3 is 25.8 Å². The molecule has 2 atom stereocenters. The fraction of sp³-hybridized carbons (Fsp3) is 0.652. The summed E-state index contributed by atoms with van der Waals surface area (Å²) in [4.78, 5) is 16.2. The van der Waals surface area contributed by atoms with Crippen molar-refractivity contribution < 1.29 is 23.1 Å². The van der Waals surface area contributed by atoms with Gasteiger partial charge in [0.2, 0.25) is 15.9 Å². The molecular weight excluding hydrogens is 472 g/mol. The zero-order chi connectivity index (χ0) is 25.0. The fourth-order valence-corrected chi connectivity index (χ4v) is 6.30. The monoisotopic (exact) mass is 508 g/mol. The van der Waals surface area contributed by atoms with Crippen molar-refractivity contribution in [3.8, 4) is 5.75 Å². The number of aliphatic hydroxyl groups is 1. The van der Waals surface area contributed by atoms with E-state index in [-0.39, 0.29) is 23.3 Å². The number of carbonyl (C=O) groups is 1. The molecule has 2 fully saturated rings. The minimum atomic E-state index is -3.84. The van der Waals surface area contributed by atoms with E-state index in [1.165, 1.54) is 6.07 Å². The van der Waals surface area contributed by atoms with Gasteiger partial charge in [0, 0.05) is 32.6 Å². The number of sulfonamides is 1. The summed E-state index contributed by atoms with van der Waals surface area (Å²) in [7, 11) is -3.84. The van der Waals surface area contributed by atoms with Crippen molar-refractivity contribution in [2.45, 2.75) is 55.7 Å². The van der Waals surface area contributed by atoms with Crippen molar-refractivity contribution in [3.05, 3.63) is 23.8 Å². The summed E-state index contributed by atoms with van der Waals surface area (Å²) in [5.41, 5.74) is 6.39. The van der Waals surface area contributed by atoms with Gasteiger partial charge in [-0.1, -0.05) is 6.42 Å². The highest BCUT2D eigenvalue weighted by Gasteiger charge is 2.33. The summed E-state index contributed by atoms with van der Waals surface area (Å²) in [6.45, 7) is 3.01. The summed E-state index contributed by atoms with van der Waals surface area (Å²) in [6.07, 6.45) is 3.27. The zero-order valence-electron chi connectivity index (χ0n) is 19.9. The average Bonchev–Trinajstić information content (AvgIpc) is 3.25. The van der Waals surface area contributed by atoms with Crippen LogP contribution in [0.25, 0.3) is 0 Å². The maximum Gasteiger partial charge on any atom is 0.240 e. The second-order valence-electron chi connectivity index (χ2n) is 9.60. The van der Waals surface area contributed by atoms with E-state index in [2.05, 4.69) is 10.0 Å². The van der Waals surface area contributed by atoms with Crippen LogP contribution in [0.3, 0.4) is 0 Å². The van der Waals surface area contributed by atoms with Crippen LogP contribution in [0, 0.1) is 11.3 Å². The largest absolute Gasteiger partial charge is 0.493 e. The number of amides is 1. The number of guanidine groups is 1. The number of nitrogens with zero attached hydrogens (tertiary/aromatic N) is 2. The lowest BCUT2D eigenvalue weighted by Gasteiger charge is -2.33. The van der Waals surface area contributed by atoms with Crippen LogP contribution in [0.15, 0.2) is 23.1 Å². The Hall–Kier alpha value is -2.41. The molecule has 3 aliphatic rings. The number of carbonyl (C=O) groups excluding carboxylic acids is 1. The van der Waals surface area contributed by atoms with Gasteiger partial charge in [0.15, 0.2) is 5.96 Å². The van der Waals surface area contributed by atoms with E-state index in [4.69, 9.17) is 15.9 Å². The van der Waals surface area contributed by atoms with Gasteiger partial charge in [-0.05, 0) is 55.4 Å². The molecule has 6 N–H and O–H groups in total. The second-order valence-corrected chi connectivity index (χ2v) is 11.3. The highest BCUT2D eigenvalue weighted by atomic mass is 32.2. The number of hydrogen-bond acceptors (Lipinski definition) is 7. The van der Waals surface area contributed by atoms with Crippen LogP contribution in [0.2, 0.25) is 0 Å². The molecule has 1 aromatic carbocycles. The van der Waals surface area contributed by atoms with Crippen LogP contribution in [0.5, 0.6) is 5.75 Å². The molecule has 3 heterocycles. The van der Waals surface area contributed by atoms with E-state index in [1.54, 1.807) is 17.0 Å². The minimum absolute atomic E-state index is 0.00185. The van der Waals surface area contributed by atoms with Crippen LogP contribution >= 0.6 is 0 Å². The van der Waals surface area contributed by atoms with Gasteiger partial charge in [-0.15, -0.1) is 0 Å². The highest BCUT2D eigenvalue weighted by molar-refractivity contribution is 7.89. The number of rotatable bonds is 7. The number of piperidine rings is 1. The topological polar surface area (TPSA) is 161 Å². The number of ether oxygens (including phenoxy) is 1. The van der Waals surface area contributed by atoms with E-state index in [0.717, 1.165) is 31.2 Å². The third-order valence-electron chi connectivity index (χ3n) is 7.11.